The topological polar surface area (TPSA) is 59.6 Å². The summed E-state index contributed by atoms with van der Waals surface area (Å²) in [6.45, 7) is 7.44. The molecule has 0 aromatic heterocycles. The third-order valence-corrected chi connectivity index (χ3v) is 2.83. The Morgan fingerprint density at radius 3 is 2.43 bits per heavy atom. The van der Waals surface area contributed by atoms with Crippen LogP contribution in [0.1, 0.15) is 26.3 Å². The predicted octanol–water partition coefficient (Wildman–Crippen LogP) is 1.71. The first-order chi connectivity index (χ1) is 10.0. The monoisotopic (exact) mass is 294 g/mol. The number of benzene rings is 1. The quantitative estimate of drug-likeness (QED) is 0.728. The third kappa shape index (κ3) is 7.68. The van der Waals surface area contributed by atoms with Gasteiger partial charge in [0.15, 0.2) is 6.61 Å². The van der Waals surface area contributed by atoms with Crippen LogP contribution in [-0.2, 0) is 16.1 Å². The standard InChI is InChI=1S/C16H26N2O3/c1-12(2)17-9-14-5-7-15(8-6-14)21-11-16(19)18-13(3)10-20-4/h5-8,12-13,17H,9-11H2,1-4H3,(H,18,19). The van der Waals surface area contributed by atoms with Crippen LogP contribution in [0, 0.1) is 0 Å². The summed E-state index contributed by atoms with van der Waals surface area (Å²) in [5.41, 5.74) is 1.19. The Morgan fingerprint density at radius 1 is 1.19 bits per heavy atom. The van der Waals surface area contributed by atoms with Gasteiger partial charge < -0.3 is 20.1 Å². The summed E-state index contributed by atoms with van der Waals surface area (Å²) >= 11 is 0. The van der Waals surface area contributed by atoms with Gasteiger partial charge in [0.25, 0.3) is 5.91 Å². The number of rotatable bonds is 9. The molecule has 0 bridgehead atoms. The number of hydrogen-bond acceptors (Lipinski definition) is 4. The Morgan fingerprint density at radius 2 is 1.86 bits per heavy atom. The van der Waals surface area contributed by atoms with E-state index in [1.54, 1.807) is 7.11 Å². The van der Waals surface area contributed by atoms with Gasteiger partial charge in [-0.2, -0.15) is 0 Å². The van der Waals surface area contributed by atoms with Crippen molar-refractivity contribution in [2.45, 2.75) is 39.4 Å². The highest BCUT2D eigenvalue weighted by Crippen LogP contribution is 2.12. The molecule has 2 N–H and O–H groups in total. The van der Waals surface area contributed by atoms with Crippen molar-refractivity contribution in [2.24, 2.45) is 0 Å². The highest BCUT2D eigenvalue weighted by atomic mass is 16.5. The molecule has 0 fully saturated rings. The van der Waals surface area contributed by atoms with E-state index >= 15 is 0 Å². The van der Waals surface area contributed by atoms with E-state index in [2.05, 4.69) is 24.5 Å². The average molecular weight is 294 g/mol. The molecule has 1 atom stereocenters. The molecule has 1 aromatic carbocycles. The van der Waals surface area contributed by atoms with E-state index in [-0.39, 0.29) is 18.6 Å². The first kappa shape index (κ1) is 17.5. The number of hydrogen-bond donors (Lipinski definition) is 2. The molecule has 0 saturated carbocycles. The molecule has 118 valence electrons. The first-order valence-electron chi connectivity index (χ1n) is 7.24. The third-order valence-electron chi connectivity index (χ3n) is 2.83. The van der Waals surface area contributed by atoms with Gasteiger partial charge in [-0.05, 0) is 24.6 Å². The molecule has 1 unspecified atom stereocenters. The van der Waals surface area contributed by atoms with Crippen molar-refractivity contribution in [3.63, 3.8) is 0 Å². The first-order valence-corrected chi connectivity index (χ1v) is 7.24. The molecule has 5 heteroatoms. The van der Waals surface area contributed by atoms with Gasteiger partial charge in [0.1, 0.15) is 5.75 Å². The molecule has 1 rings (SSSR count). The fraction of sp³-hybridized carbons (Fsp3) is 0.562. The zero-order valence-electron chi connectivity index (χ0n) is 13.3. The second kappa shape index (κ2) is 9.37. The van der Waals surface area contributed by atoms with Crippen LogP contribution in [0.3, 0.4) is 0 Å². The molecule has 0 spiro atoms. The molecule has 1 amide bonds. The Bertz CT molecular complexity index is 418. The second-order valence-electron chi connectivity index (χ2n) is 5.39. The number of carbonyl (C=O) groups excluding carboxylic acids is 1. The van der Waals surface area contributed by atoms with Crippen LogP contribution in [0.5, 0.6) is 5.75 Å². The van der Waals surface area contributed by atoms with Crippen molar-refractivity contribution in [3.8, 4) is 5.75 Å². The molecule has 1 aromatic rings. The van der Waals surface area contributed by atoms with E-state index < -0.39 is 0 Å². The normalized spacial score (nSPS) is 12.2. The maximum absolute atomic E-state index is 11.6. The summed E-state index contributed by atoms with van der Waals surface area (Å²) in [5, 5.41) is 6.14. The SMILES string of the molecule is COCC(C)NC(=O)COc1ccc(CNC(C)C)cc1. The van der Waals surface area contributed by atoms with Gasteiger partial charge in [0.05, 0.1) is 6.61 Å². The minimum absolute atomic E-state index is 0.0116. The van der Waals surface area contributed by atoms with Crippen molar-refractivity contribution in [3.05, 3.63) is 29.8 Å². The molecule has 21 heavy (non-hydrogen) atoms. The number of methoxy groups -OCH3 is 1. The zero-order valence-corrected chi connectivity index (χ0v) is 13.3. The molecule has 5 nitrogen and oxygen atoms in total. The van der Waals surface area contributed by atoms with Crippen LogP contribution in [0.2, 0.25) is 0 Å². The fourth-order valence-electron chi connectivity index (χ4n) is 1.78. The molecule has 0 aliphatic carbocycles. The molecule has 0 radical (unpaired) electrons. The van der Waals surface area contributed by atoms with E-state index in [0.717, 1.165) is 6.54 Å². The smallest absolute Gasteiger partial charge is 0.258 e. The van der Waals surface area contributed by atoms with E-state index in [9.17, 15) is 4.79 Å². The van der Waals surface area contributed by atoms with Crippen molar-refractivity contribution in [1.82, 2.24) is 10.6 Å². The largest absolute Gasteiger partial charge is 0.484 e. The minimum atomic E-state index is -0.148. The molecule has 0 aliphatic heterocycles. The summed E-state index contributed by atoms with van der Waals surface area (Å²) in [7, 11) is 1.61. The maximum Gasteiger partial charge on any atom is 0.258 e. The van der Waals surface area contributed by atoms with Gasteiger partial charge in [-0.15, -0.1) is 0 Å². The molecule has 0 aliphatic rings. The number of nitrogens with one attached hydrogen (secondary N) is 2. The van der Waals surface area contributed by atoms with E-state index in [1.165, 1.54) is 5.56 Å². The van der Waals surface area contributed by atoms with Crippen molar-refractivity contribution < 1.29 is 14.3 Å². The van der Waals surface area contributed by atoms with Gasteiger partial charge in [0, 0.05) is 25.7 Å². The predicted molar refractivity (Wildman–Crippen MR) is 83.4 cm³/mol. The van der Waals surface area contributed by atoms with Crippen LogP contribution in [0.4, 0.5) is 0 Å². The maximum atomic E-state index is 11.6. The number of carbonyl (C=O) groups is 1. The fourth-order valence-corrected chi connectivity index (χ4v) is 1.78. The summed E-state index contributed by atoms with van der Waals surface area (Å²) in [4.78, 5) is 11.6. The van der Waals surface area contributed by atoms with Crippen molar-refractivity contribution >= 4 is 5.91 Å². The molecule has 0 saturated heterocycles. The van der Waals surface area contributed by atoms with E-state index in [1.807, 2.05) is 31.2 Å². The summed E-state index contributed by atoms with van der Waals surface area (Å²) in [6, 6.07) is 8.19. The van der Waals surface area contributed by atoms with Crippen molar-refractivity contribution in [1.29, 1.82) is 0 Å². The average Bonchev–Trinajstić information content (AvgIpc) is 2.44. The van der Waals surface area contributed by atoms with Crippen LogP contribution in [0.15, 0.2) is 24.3 Å². The Labute approximate surface area is 127 Å². The van der Waals surface area contributed by atoms with E-state index in [4.69, 9.17) is 9.47 Å². The Hall–Kier alpha value is -1.59. The van der Waals surface area contributed by atoms with Gasteiger partial charge in [-0.25, -0.2) is 0 Å². The lowest BCUT2D eigenvalue weighted by atomic mass is 10.2. The Kier molecular flexibility index (Phi) is 7.79. The summed E-state index contributed by atoms with van der Waals surface area (Å²) < 4.78 is 10.4. The van der Waals surface area contributed by atoms with Crippen LogP contribution >= 0.6 is 0 Å². The van der Waals surface area contributed by atoms with Gasteiger partial charge in [-0.1, -0.05) is 26.0 Å². The zero-order chi connectivity index (χ0) is 15.7. The minimum Gasteiger partial charge on any atom is -0.484 e. The second-order valence-corrected chi connectivity index (χ2v) is 5.39. The lowest BCUT2D eigenvalue weighted by Gasteiger charge is -2.13. The van der Waals surface area contributed by atoms with E-state index in [0.29, 0.717) is 18.4 Å². The molecular weight excluding hydrogens is 268 g/mol. The Balaban J connectivity index is 2.33. The number of amides is 1. The highest BCUT2D eigenvalue weighted by Gasteiger charge is 2.07. The molecule has 0 heterocycles. The lowest BCUT2D eigenvalue weighted by molar-refractivity contribution is -0.124. The summed E-state index contributed by atoms with van der Waals surface area (Å²) in [5.74, 6) is 0.544. The van der Waals surface area contributed by atoms with Gasteiger partial charge in [0.2, 0.25) is 0 Å². The molecular formula is C16H26N2O3. The highest BCUT2D eigenvalue weighted by molar-refractivity contribution is 5.77. The van der Waals surface area contributed by atoms with Crippen LogP contribution < -0.4 is 15.4 Å². The van der Waals surface area contributed by atoms with Crippen LogP contribution in [-0.4, -0.2) is 38.3 Å². The number of ether oxygens (including phenoxy) is 2. The summed E-state index contributed by atoms with van der Waals surface area (Å²) in [6.07, 6.45) is 0. The van der Waals surface area contributed by atoms with Gasteiger partial charge in [-0.3, -0.25) is 4.79 Å². The lowest BCUT2D eigenvalue weighted by Crippen LogP contribution is -2.38. The van der Waals surface area contributed by atoms with Crippen LogP contribution in [0.25, 0.3) is 0 Å². The van der Waals surface area contributed by atoms with Crippen molar-refractivity contribution in [2.75, 3.05) is 20.3 Å². The van der Waals surface area contributed by atoms with Gasteiger partial charge >= 0.3 is 0 Å².